The minimum atomic E-state index is -0.346. The minimum absolute atomic E-state index is 0.0639. The Hall–Kier alpha value is -2.92. The number of alkyl carbamates (subject to hydrolysis) is 1. The van der Waals surface area contributed by atoms with E-state index in [2.05, 4.69) is 25.8 Å². The highest BCUT2D eigenvalue weighted by molar-refractivity contribution is 5.96. The second-order valence-corrected chi connectivity index (χ2v) is 9.93. The standard InChI is InChI=1S/C24H35N7O4/c1-14(2)26-24(32)35-16-5-4-15(8-16)19-9-22(29-28-19)27-20-11-25-10-18-21(30-31(3)23(18)20)13-34-17-6-7-33-12-17/h9,11,14-18H,4-8,10,12-13H2,1-3H3,(H,26,32)(H2,27,28,29). The Morgan fingerprint density at radius 3 is 3.00 bits per heavy atom. The molecule has 190 valence electrons. The zero-order chi connectivity index (χ0) is 24.4. The number of hydrogen-bond donors (Lipinski definition) is 3. The molecule has 1 saturated carbocycles. The molecule has 4 aliphatic rings. The third-order valence-electron chi connectivity index (χ3n) is 6.86. The van der Waals surface area contributed by atoms with Crippen molar-refractivity contribution in [3.63, 3.8) is 0 Å². The van der Waals surface area contributed by atoms with Gasteiger partial charge in [-0.2, -0.15) is 10.2 Å². The summed E-state index contributed by atoms with van der Waals surface area (Å²) in [4.78, 5) is 16.5. The molecule has 11 heteroatoms. The van der Waals surface area contributed by atoms with Crippen LogP contribution in [0.25, 0.3) is 0 Å². The predicted molar refractivity (Wildman–Crippen MR) is 132 cm³/mol. The fourth-order valence-corrected chi connectivity index (χ4v) is 5.14. The number of aliphatic imine (C=N–C) groups is 1. The topological polar surface area (TPSA) is 125 Å². The van der Waals surface area contributed by atoms with Gasteiger partial charge in [-0.1, -0.05) is 0 Å². The Morgan fingerprint density at radius 1 is 1.31 bits per heavy atom. The lowest BCUT2D eigenvalue weighted by molar-refractivity contribution is 0.0650. The minimum Gasteiger partial charge on any atom is -0.446 e. The Bertz CT molecular complexity index is 1010. The molecule has 3 aliphatic heterocycles. The van der Waals surface area contributed by atoms with Crippen LogP contribution in [0.3, 0.4) is 0 Å². The average Bonchev–Trinajstić information content (AvgIpc) is 3.60. The highest BCUT2D eigenvalue weighted by atomic mass is 16.6. The largest absolute Gasteiger partial charge is 0.446 e. The van der Waals surface area contributed by atoms with E-state index in [9.17, 15) is 4.79 Å². The average molecular weight is 486 g/mol. The van der Waals surface area contributed by atoms with Crippen LogP contribution in [0.2, 0.25) is 0 Å². The van der Waals surface area contributed by atoms with Crippen molar-refractivity contribution >= 4 is 23.8 Å². The summed E-state index contributed by atoms with van der Waals surface area (Å²) in [6, 6.07) is 2.10. The van der Waals surface area contributed by atoms with Gasteiger partial charge in [-0.3, -0.25) is 15.1 Å². The van der Waals surface area contributed by atoms with Crippen LogP contribution in [0.4, 0.5) is 10.6 Å². The lowest BCUT2D eigenvalue weighted by Crippen LogP contribution is -2.33. The van der Waals surface area contributed by atoms with E-state index < -0.39 is 0 Å². The van der Waals surface area contributed by atoms with Gasteiger partial charge in [-0.05, 0) is 39.5 Å². The highest BCUT2D eigenvalue weighted by Gasteiger charge is 2.35. The van der Waals surface area contributed by atoms with Crippen LogP contribution in [0, 0.1) is 5.92 Å². The first-order chi connectivity index (χ1) is 17.0. The van der Waals surface area contributed by atoms with Crippen LogP contribution < -0.4 is 10.6 Å². The third kappa shape index (κ3) is 5.51. The molecule has 0 radical (unpaired) electrons. The summed E-state index contributed by atoms with van der Waals surface area (Å²) < 4.78 is 17.0. The van der Waals surface area contributed by atoms with E-state index in [0.717, 1.165) is 60.9 Å². The highest BCUT2D eigenvalue weighted by Crippen LogP contribution is 2.36. The molecule has 1 amide bonds. The molecule has 1 saturated heterocycles. The summed E-state index contributed by atoms with van der Waals surface area (Å²) in [6.45, 7) is 6.40. The molecular weight excluding hydrogens is 450 g/mol. The molecule has 1 aromatic heterocycles. The number of amides is 1. The number of rotatable bonds is 8. The van der Waals surface area contributed by atoms with Crippen molar-refractivity contribution in [2.24, 2.45) is 16.0 Å². The van der Waals surface area contributed by atoms with Gasteiger partial charge in [-0.25, -0.2) is 4.79 Å². The molecule has 35 heavy (non-hydrogen) atoms. The van der Waals surface area contributed by atoms with Crippen LogP contribution in [-0.2, 0) is 14.2 Å². The van der Waals surface area contributed by atoms with Crippen molar-refractivity contribution in [2.75, 3.05) is 38.7 Å². The second kappa shape index (κ2) is 10.4. The van der Waals surface area contributed by atoms with E-state index in [1.807, 2.05) is 38.2 Å². The number of anilines is 1. The number of allylic oxidation sites excluding steroid dienone is 1. The van der Waals surface area contributed by atoms with Gasteiger partial charge in [0.2, 0.25) is 0 Å². The fourth-order valence-electron chi connectivity index (χ4n) is 5.14. The zero-order valence-corrected chi connectivity index (χ0v) is 20.6. The van der Waals surface area contributed by atoms with Crippen LogP contribution in [0.5, 0.6) is 0 Å². The Balaban J connectivity index is 1.19. The van der Waals surface area contributed by atoms with Crippen molar-refractivity contribution in [1.29, 1.82) is 0 Å². The van der Waals surface area contributed by atoms with Crippen LogP contribution in [0.1, 0.15) is 51.1 Å². The SMILES string of the molecule is CC(C)NC(=O)OC1CCC(c2cc(NC3=C4C(CN=C3)C(COC3CCOC3)=NN4C)n[nH]2)C1. The van der Waals surface area contributed by atoms with Gasteiger partial charge in [0.1, 0.15) is 6.10 Å². The number of nitrogens with zero attached hydrogens (tertiary/aromatic N) is 4. The molecule has 11 nitrogen and oxygen atoms in total. The maximum Gasteiger partial charge on any atom is 0.407 e. The first kappa shape index (κ1) is 23.8. The summed E-state index contributed by atoms with van der Waals surface area (Å²) in [6.07, 6.45) is 5.10. The van der Waals surface area contributed by atoms with Gasteiger partial charge in [0.25, 0.3) is 0 Å². The predicted octanol–water partition coefficient (Wildman–Crippen LogP) is 2.61. The number of aromatic amines is 1. The van der Waals surface area contributed by atoms with Gasteiger partial charge in [0.05, 0.1) is 48.9 Å². The van der Waals surface area contributed by atoms with Gasteiger partial charge >= 0.3 is 6.09 Å². The summed E-state index contributed by atoms with van der Waals surface area (Å²) >= 11 is 0. The van der Waals surface area contributed by atoms with Crippen molar-refractivity contribution in [2.45, 2.75) is 63.7 Å². The number of carbonyl (C=O) groups is 1. The Labute approximate surface area is 205 Å². The number of H-pyrrole nitrogens is 1. The molecule has 0 aromatic carbocycles. The van der Waals surface area contributed by atoms with Crippen molar-refractivity contribution in [3.05, 3.63) is 23.2 Å². The summed E-state index contributed by atoms with van der Waals surface area (Å²) in [5.41, 5.74) is 4.01. The molecule has 5 rings (SSSR count). The maximum absolute atomic E-state index is 11.9. The molecular formula is C24H35N7O4. The number of aromatic nitrogens is 2. The normalized spacial score (nSPS) is 28.0. The fraction of sp³-hybridized carbons (Fsp3) is 0.667. The van der Waals surface area contributed by atoms with Crippen LogP contribution >= 0.6 is 0 Å². The third-order valence-corrected chi connectivity index (χ3v) is 6.86. The van der Waals surface area contributed by atoms with E-state index >= 15 is 0 Å². The number of hydrazone groups is 1. The number of dihydropyridines is 1. The smallest absolute Gasteiger partial charge is 0.407 e. The van der Waals surface area contributed by atoms with Crippen LogP contribution in [-0.4, -0.2) is 84.9 Å². The first-order valence-electron chi connectivity index (χ1n) is 12.5. The molecule has 3 N–H and O–H groups in total. The zero-order valence-electron chi connectivity index (χ0n) is 20.6. The number of nitrogens with one attached hydrogen (secondary N) is 3. The quantitative estimate of drug-likeness (QED) is 0.517. The molecule has 4 heterocycles. The van der Waals surface area contributed by atoms with E-state index in [4.69, 9.17) is 19.3 Å². The lowest BCUT2D eigenvalue weighted by atomic mass is 9.97. The molecule has 4 atom stereocenters. The number of hydrogen-bond acceptors (Lipinski definition) is 9. The molecule has 2 fully saturated rings. The molecule has 0 spiro atoms. The van der Waals surface area contributed by atoms with E-state index in [1.54, 1.807) is 0 Å². The maximum atomic E-state index is 11.9. The van der Waals surface area contributed by atoms with E-state index in [1.165, 1.54) is 0 Å². The van der Waals surface area contributed by atoms with Gasteiger partial charge in [-0.15, -0.1) is 0 Å². The van der Waals surface area contributed by atoms with Crippen molar-refractivity contribution < 1.29 is 19.0 Å². The van der Waals surface area contributed by atoms with E-state index in [-0.39, 0.29) is 36.2 Å². The summed E-state index contributed by atoms with van der Waals surface area (Å²) in [7, 11) is 1.96. The lowest BCUT2D eigenvalue weighted by Gasteiger charge is -2.22. The number of carbonyl (C=O) groups excluding carboxylic acids is 1. The van der Waals surface area contributed by atoms with Gasteiger partial charge in [0, 0.05) is 43.6 Å². The van der Waals surface area contributed by atoms with Gasteiger partial charge in [0.15, 0.2) is 5.82 Å². The monoisotopic (exact) mass is 485 g/mol. The van der Waals surface area contributed by atoms with Crippen LogP contribution in [0.15, 0.2) is 27.6 Å². The van der Waals surface area contributed by atoms with Crippen molar-refractivity contribution in [1.82, 2.24) is 20.5 Å². The Morgan fingerprint density at radius 2 is 2.20 bits per heavy atom. The molecule has 1 aromatic rings. The summed E-state index contributed by atoms with van der Waals surface area (Å²) in [5, 5.41) is 20.5. The van der Waals surface area contributed by atoms with Crippen molar-refractivity contribution in [3.8, 4) is 0 Å². The second-order valence-electron chi connectivity index (χ2n) is 9.93. The Kier molecular flexibility index (Phi) is 7.05. The molecule has 1 aliphatic carbocycles. The molecule has 0 bridgehead atoms. The first-order valence-corrected chi connectivity index (χ1v) is 12.5. The molecule has 4 unspecified atom stereocenters. The summed E-state index contributed by atoms with van der Waals surface area (Å²) in [5.74, 6) is 1.11. The number of fused-ring (bicyclic) bond motifs is 1. The number of ether oxygens (including phenoxy) is 3. The van der Waals surface area contributed by atoms with E-state index in [0.29, 0.717) is 19.8 Å². The van der Waals surface area contributed by atoms with Gasteiger partial charge < -0.3 is 24.8 Å².